The first-order chi connectivity index (χ1) is 26.8. The first kappa shape index (κ1) is 29.8. The molecule has 0 aliphatic heterocycles. The number of benzene rings is 10. The summed E-state index contributed by atoms with van der Waals surface area (Å²) in [4.78, 5) is 0. The molecule has 0 saturated carbocycles. The van der Waals surface area contributed by atoms with E-state index in [1.165, 1.54) is 107 Å². The van der Waals surface area contributed by atoms with Gasteiger partial charge in [0.25, 0.3) is 0 Å². The second-order valence-electron chi connectivity index (χ2n) is 14.4. The highest BCUT2D eigenvalue weighted by Crippen LogP contribution is 2.47. The van der Waals surface area contributed by atoms with E-state index in [0.29, 0.717) is 0 Å². The van der Waals surface area contributed by atoms with Crippen LogP contribution in [0.4, 0.5) is 0 Å². The molecule has 54 heavy (non-hydrogen) atoms. The molecule has 0 fully saturated rings. The number of hydrogen-bond donors (Lipinski definition) is 0. The number of furan rings is 1. The fourth-order valence-corrected chi connectivity index (χ4v) is 10.2. The minimum atomic E-state index is 0.935. The van der Waals surface area contributed by atoms with Crippen molar-refractivity contribution in [1.82, 2.24) is 0 Å². The number of para-hydroxylation sites is 1. The number of rotatable bonds is 3. The van der Waals surface area contributed by atoms with Crippen LogP contribution >= 0.6 is 11.3 Å². The molecule has 12 rings (SSSR count). The van der Waals surface area contributed by atoms with Gasteiger partial charge in [0.05, 0.1) is 0 Å². The third-order valence-electron chi connectivity index (χ3n) is 11.4. The standard InChI is InChI=1S/C52H30OS/c1-2-10-31(11-3-1)32-18-19-34-29-35(21-20-33(34)28-32)49-38-13-4-6-15-40(38)50(41-16-7-5-14-39(41)49)36-22-27-48-46(30-36)45-26-24-43-44(52(45)54-48)25-23-42-37-12-8-9-17-47(37)53-51(42)43/h1-30H. The highest BCUT2D eigenvalue weighted by atomic mass is 32.1. The van der Waals surface area contributed by atoms with E-state index in [0.717, 1.165) is 11.2 Å². The Morgan fingerprint density at radius 1 is 0.315 bits per heavy atom. The van der Waals surface area contributed by atoms with E-state index in [2.05, 4.69) is 176 Å². The second kappa shape index (κ2) is 11.4. The van der Waals surface area contributed by atoms with Gasteiger partial charge < -0.3 is 4.42 Å². The quantitative estimate of drug-likeness (QED) is 0.167. The minimum Gasteiger partial charge on any atom is -0.455 e. The fourth-order valence-electron chi connectivity index (χ4n) is 8.94. The van der Waals surface area contributed by atoms with Gasteiger partial charge in [-0.1, -0.05) is 140 Å². The van der Waals surface area contributed by atoms with Crippen molar-refractivity contribution in [3.8, 4) is 33.4 Å². The lowest BCUT2D eigenvalue weighted by atomic mass is 9.85. The summed E-state index contributed by atoms with van der Waals surface area (Å²) in [6.45, 7) is 0. The Bertz CT molecular complexity index is 3440. The molecule has 0 amide bonds. The maximum absolute atomic E-state index is 6.44. The maximum atomic E-state index is 6.44. The van der Waals surface area contributed by atoms with Gasteiger partial charge >= 0.3 is 0 Å². The van der Waals surface area contributed by atoms with Gasteiger partial charge in [-0.15, -0.1) is 11.3 Å². The van der Waals surface area contributed by atoms with E-state index in [-0.39, 0.29) is 0 Å². The lowest BCUT2D eigenvalue weighted by Crippen LogP contribution is -1.91. The summed E-state index contributed by atoms with van der Waals surface area (Å²) >= 11 is 1.88. The molecule has 0 atom stereocenters. The smallest absolute Gasteiger partial charge is 0.143 e. The predicted octanol–water partition coefficient (Wildman–Crippen LogP) is 15.6. The zero-order valence-corrected chi connectivity index (χ0v) is 30.0. The Morgan fingerprint density at radius 3 is 1.50 bits per heavy atom. The first-order valence-electron chi connectivity index (χ1n) is 18.5. The summed E-state index contributed by atoms with van der Waals surface area (Å²) < 4.78 is 9.04. The van der Waals surface area contributed by atoms with Crippen LogP contribution in [-0.4, -0.2) is 0 Å². The third kappa shape index (κ3) is 4.32. The van der Waals surface area contributed by atoms with Crippen LogP contribution in [0.15, 0.2) is 186 Å². The molecule has 10 aromatic carbocycles. The van der Waals surface area contributed by atoms with Gasteiger partial charge in [0, 0.05) is 41.7 Å². The molecule has 1 nitrogen and oxygen atoms in total. The summed E-state index contributed by atoms with van der Waals surface area (Å²) in [5.41, 5.74) is 9.42. The Labute approximate surface area is 314 Å². The molecule has 2 heteroatoms. The van der Waals surface area contributed by atoms with Crippen LogP contribution in [-0.2, 0) is 0 Å². The largest absolute Gasteiger partial charge is 0.455 e. The van der Waals surface area contributed by atoms with Gasteiger partial charge in [-0.05, 0) is 108 Å². The molecular formula is C52H30OS. The average Bonchev–Trinajstić information content (AvgIpc) is 3.81. The van der Waals surface area contributed by atoms with Crippen LogP contribution in [0, 0.1) is 0 Å². The molecule has 0 unspecified atom stereocenters. The Morgan fingerprint density at radius 2 is 0.815 bits per heavy atom. The Hall–Kier alpha value is -6.74. The summed E-state index contributed by atoms with van der Waals surface area (Å²) in [6.07, 6.45) is 0. The average molecular weight is 703 g/mol. The highest BCUT2D eigenvalue weighted by Gasteiger charge is 2.19. The maximum Gasteiger partial charge on any atom is 0.143 e. The molecule has 0 N–H and O–H groups in total. The van der Waals surface area contributed by atoms with E-state index >= 15 is 0 Å². The third-order valence-corrected chi connectivity index (χ3v) is 12.6. The molecule has 12 aromatic rings. The van der Waals surface area contributed by atoms with Gasteiger partial charge in [0.15, 0.2) is 0 Å². The van der Waals surface area contributed by atoms with Crippen molar-refractivity contribution in [3.05, 3.63) is 182 Å². The van der Waals surface area contributed by atoms with Crippen molar-refractivity contribution in [2.24, 2.45) is 0 Å². The topological polar surface area (TPSA) is 13.1 Å². The lowest BCUT2D eigenvalue weighted by molar-refractivity contribution is 0.672. The Balaban J connectivity index is 1.05. The van der Waals surface area contributed by atoms with Crippen LogP contribution < -0.4 is 0 Å². The zero-order valence-electron chi connectivity index (χ0n) is 29.1. The summed E-state index contributed by atoms with van der Waals surface area (Å²) in [6, 6.07) is 66.8. The summed E-state index contributed by atoms with van der Waals surface area (Å²) in [5.74, 6) is 0. The van der Waals surface area contributed by atoms with Crippen LogP contribution in [0.5, 0.6) is 0 Å². The lowest BCUT2D eigenvalue weighted by Gasteiger charge is -2.18. The number of hydrogen-bond acceptors (Lipinski definition) is 2. The predicted molar refractivity (Wildman–Crippen MR) is 233 cm³/mol. The highest BCUT2D eigenvalue weighted by molar-refractivity contribution is 7.26. The van der Waals surface area contributed by atoms with E-state index in [9.17, 15) is 0 Å². The SMILES string of the molecule is c1ccc(-c2ccc3cc(-c4c5ccccc5c(-c5ccc6sc7c(ccc8c7ccc7c9ccccc9oc78)c6c5)c5ccccc45)ccc3c2)cc1. The first-order valence-corrected chi connectivity index (χ1v) is 19.3. The van der Waals surface area contributed by atoms with Crippen molar-refractivity contribution >= 4 is 96.5 Å². The molecule has 0 saturated heterocycles. The van der Waals surface area contributed by atoms with Crippen LogP contribution in [0.25, 0.3) is 119 Å². The Kier molecular flexibility index (Phi) is 6.28. The molecule has 2 heterocycles. The van der Waals surface area contributed by atoms with Crippen molar-refractivity contribution < 1.29 is 4.42 Å². The van der Waals surface area contributed by atoms with Crippen molar-refractivity contribution in [2.75, 3.05) is 0 Å². The second-order valence-corrected chi connectivity index (χ2v) is 15.4. The summed E-state index contributed by atoms with van der Waals surface area (Å²) in [7, 11) is 0. The normalized spacial score (nSPS) is 12.1. The van der Waals surface area contributed by atoms with Gasteiger partial charge in [0.2, 0.25) is 0 Å². The molecule has 0 aliphatic carbocycles. The molecule has 0 spiro atoms. The van der Waals surface area contributed by atoms with Crippen molar-refractivity contribution in [2.45, 2.75) is 0 Å². The van der Waals surface area contributed by atoms with Gasteiger partial charge in [-0.3, -0.25) is 0 Å². The van der Waals surface area contributed by atoms with Crippen molar-refractivity contribution in [3.63, 3.8) is 0 Å². The van der Waals surface area contributed by atoms with Gasteiger partial charge in [-0.2, -0.15) is 0 Å². The number of thiophene rings is 1. The fraction of sp³-hybridized carbons (Fsp3) is 0. The molecule has 250 valence electrons. The molecular weight excluding hydrogens is 673 g/mol. The molecule has 0 aliphatic rings. The van der Waals surface area contributed by atoms with Crippen LogP contribution in [0.3, 0.4) is 0 Å². The van der Waals surface area contributed by atoms with Crippen molar-refractivity contribution in [1.29, 1.82) is 0 Å². The zero-order chi connectivity index (χ0) is 35.3. The van der Waals surface area contributed by atoms with Crippen LogP contribution in [0.2, 0.25) is 0 Å². The van der Waals surface area contributed by atoms with E-state index < -0.39 is 0 Å². The number of fused-ring (bicyclic) bond motifs is 12. The van der Waals surface area contributed by atoms with Gasteiger partial charge in [-0.25, -0.2) is 0 Å². The summed E-state index contributed by atoms with van der Waals surface area (Å²) in [5, 5.41) is 14.9. The minimum absolute atomic E-state index is 0.935. The van der Waals surface area contributed by atoms with E-state index in [1.54, 1.807) is 0 Å². The molecule has 0 bridgehead atoms. The van der Waals surface area contributed by atoms with Crippen LogP contribution in [0.1, 0.15) is 0 Å². The molecule has 2 aromatic heterocycles. The van der Waals surface area contributed by atoms with E-state index in [1.807, 2.05) is 17.4 Å². The monoisotopic (exact) mass is 702 g/mol. The van der Waals surface area contributed by atoms with E-state index in [4.69, 9.17) is 4.42 Å². The molecule has 0 radical (unpaired) electrons. The van der Waals surface area contributed by atoms with Gasteiger partial charge in [0.1, 0.15) is 11.2 Å².